The molecule has 5 heteroatoms. The van der Waals surface area contributed by atoms with Gasteiger partial charge in [0, 0.05) is 12.6 Å². The van der Waals surface area contributed by atoms with Crippen molar-refractivity contribution in [1.29, 1.82) is 0 Å². The zero-order valence-electron chi connectivity index (χ0n) is 14.2. The minimum absolute atomic E-state index is 0. The smallest absolute Gasteiger partial charge is 0.191 e. The van der Waals surface area contributed by atoms with Crippen molar-refractivity contribution in [3.63, 3.8) is 0 Å². The number of aliphatic imine (C=N–C) groups is 1. The molecule has 130 valence electrons. The van der Waals surface area contributed by atoms with Gasteiger partial charge in [0.05, 0.1) is 13.2 Å². The SMILES string of the molecule is CCNC(=NCc1ccccc1CO)NC1CCCC(C)C1.I. The van der Waals surface area contributed by atoms with Gasteiger partial charge >= 0.3 is 0 Å². The van der Waals surface area contributed by atoms with Crippen molar-refractivity contribution in [3.8, 4) is 0 Å². The molecule has 0 aromatic heterocycles. The molecule has 1 aromatic rings. The summed E-state index contributed by atoms with van der Waals surface area (Å²) in [6, 6.07) is 8.45. The van der Waals surface area contributed by atoms with E-state index in [0.29, 0.717) is 12.6 Å². The first-order valence-electron chi connectivity index (χ1n) is 8.45. The maximum absolute atomic E-state index is 9.40. The standard InChI is InChI=1S/C18H29N3O.HI/c1-3-19-18(21-17-10-6-7-14(2)11-17)20-12-15-8-4-5-9-16(15)13-22;/h4-5,8-9,14,17,22H,3,6-7,10-13H2,1-2H3,(H2,19,20,21);1H. The molecule has 1 aliphatic carbocycles. The van der Waals surface area contributed by atoms with Crippen molar-refractivity contribution in [1.82, 2.24) is 10.6 Å². The quantitative estimate of drug-likeness (QED) is 0.381. The third-order valence-corrected chi connectivity index (χ3v) is 4.32. The van der Waals surface area contributed by atoms with E-state index in [9.17, 15) is 5.11 Å². The van der Waals surface area contributed by atoms with Gasteiger partial charge in [-0.25, -0.2) is 4.99 Å². The number of nitrogens with one attached hydrogen (secondary N) is 2. The van der Waals surface area contributed by atoms with Gasteiger partial charge in [0.15, 0.2) is 5.96 Å². The van der Waals surface area contributed by atoms with Gasteiger partial charge in [-0.3, -0.25) is 0 Å². The monoisotopic (exact) mass is 431 g/mol. The number of benzene rings is 1. The van der Waals surface area contributed by atoms with E-state index in [1.54, 1.807) is 0 Å². The van der Waals surface area contributed by atoms with Crippen LogP contribution in [0.25, 0.3) is 0 Å². The fourth-order valence-electron chi connectivity index (χ4n) is 3.11. The van der Waals surface area contributed by atoms with Crippen LogP contribution in [0.15, 0.2) is 29.3 Å². The van der Waals surface area contributed by atoms with Gasteiger partial charge in [0.2, 0.25) is 0 Å². The molecule has 3 N–H and O–H groups in total. The minimum atomic E-state index is 0. The minimum Gasteiger partial charge on any atom is -0.392 e. The van der Waals surface area contributed by atoms with Crippen LogP contribution in [0.1, 0.15) is 50.7 Å². The Balaban J connectivity index is 0.00000264. The Kier molecular flexibility index (Phi) is 9.55. The van der Waals surface area contributed by atoms with Gasteiger partial charge in [-0.1, -0.05) is 44.0 Å². The van der Waals surface area contributed by atoms with Crippen LogP contribution in [-0.2, 0) is 13.2 Å². The molecule has 23 heavy (non-hydrogen) atoms. The Bertz CT molecular complexity index is 493. The summed E-state index contributed by atoms with van der Waals surface area (Å²) in [5.74, 6) is 1.68. The average molecular weight is 431 g/mol. The highest BCUT2D eigenvalue weighted by Crippen LogP contribution is 2.23. The largest absolute Gasteiger partial charge is 0.392 e. The molecule has 0 bridgehead atoms. The molecule has 0 radical (unpaired) electrons. The third kappa shape index (κ3) is 6.67. The molecule has 1 aliphatic rings. The third-order valence-electron chi connectivity index (χ3n) is 4.32. The normalized spacial score (nSPS) is 21.4. The van der Waals surface area contributed by atoms with Crippen LogP contribution in [0.4, 0.5) is 0 Å². The Morgan fingerprint density at radius 2 is 2.00 bits per heavy atom. The molecule has 0 spiro atoms. The van der Waals surface area contributed by atoms with Gasteiger partial charge in [0.1, 0.15) is 0 Å². The summed E-state index contributed by atoms with van der Waals surface area (Å²) < 4.78 is 0. The van der Waals surface area contributed by atoms with E-state index in [2.05, 4.69) is 24.5 Å². The van der Waals surface area contributed by atoms with Crippen molar-refractivity contribution in [2.45, 2.75) is 58.7 Å². The maximum Gasteiger partial charge on any atom is 0.191 e. The Morgan fingerprint density at radius 1 is 1.26 bits per heavy atom. The summed E-state index contributed by atoms with van der Waals surface area (Å²) in [6.45, 7) is 5.93. The predicted octanol–water partition coefficient (Wildman–Crippen LogP) is 3.43. The zero-order valence-corrected chi connectivity index (χ0v) is 16.5. The average Bonchev–Trinajstić information content (AvgIpc) is 2.53. The lowest BCUT2D eigenvalue weighted by atomic mass is 9.87. The molecule has 2 unspecified atom stereocenters. The highest BCUT2D eigenvalue weighted by molar-refractivity contribution is 14.0. The number of hydrogen-bond donors (Lipinski definition) is 3. The predicted molar refractivity (Wildman–Crippen MR) is 107 cm³/mol. The van der Waals surface area contributed by atoms with Crippen molar-refractivity contribution in [3.05, 3.63) is 35.4 Å². The van der Waals surface area contributed by atoms with E-state index in [0.717, 1.165) is 29.5 Å². The second kappa shape index (κ2) is 10.9. The Labute approximate surface area is 157 Å². The van der Waals surface area contributed by atoms with Gasteiger partial charge in [0.25, 0.3) is 0 Å². The lowest BCUT2D eigenvalue weighted by molar-refractivity contribution is 0.280. The fraction of sp³-hybridized carbons (Fsp3) is 0.611. The van der Waals surface area contributed by atoms with Crippen molar-refractivity contribution in [2.75, 3.05) is 6.54 Å². The number of aliphatic hydroxyl groups excluding tert-OH is 1. The summed E-state index contributed by atoms with van der Waals surface area (Å²) in [5.41, 5.74) is 2.03. The van der Waals surface area contributed by atoms with E-state index in [-0.39, 0.29) is 30.6 Å². The maximum atomic E-state index is 9.40. The number of guanidine groups is 1. The molecule has 2 rings (SSSR count). The molecular formula is C18H30IN3O. The molecule has 0 heterocycles. The second-order valence-corrected chi connectivity index (χ2v) is 6.24. The topological polar surface area (TPSA) is 56.7 Å². The van der Waals surface area contributed by atoms with Crippen LogP contribution in [0, 0.1) is 5.92 Å². The summed E-state index contributed by atoms with van der Waals surface area (Å²) >= 11 is 0. The Hall–Kier alpha value is -0.820. The molecular weight excluding hydrogens is 401 g/mol. The van der Waals surface area contributed by atoms with E-state index in [1.807, 2.05) is 24.3 Å². The van der Waals surface area contributed by atoms with E-state index in [1.165, 1.54) is 25.7 Å². The van der Waals surface area contributed by atoms with Gasteiger partial charge in [-0.05, 0) is 36.8 Å². The van der Waals surface area contributed by atoms with E-state index >= 15 is 0 Å². The first-order valence-corrected chi connectivity index (χ1v) is 8.45. The van der Waals surface area contributed by atoms with Crippen LogP contribution in [0.2, 0.25) is 0 Å². The molecule has 0 saturated heterocycles. The molecule has 1 aromatic carbocycles. The number of hydrogen-bond acceptors (Lipinski definition) is 2. The first kappa shape index (κ1) is 20.2. The van der Waals surface area contributed by atoms with Crippen molar-refractivity contribution in [2.24, 2.45) is 10.9 Å². The number of aliphatic hydroxyl groups is 1. The summed E-state index contributed by atoms with van der Waals surface area (Å²) in [5, 5.41) is 16.3. The highest BCUT2D eigenvalue weighted by atomic mass is 127. The van der Waals surface area contributed by atoms with E-state index in [4.69, 9.17) is 4.99 Å². The number of halogens is 1. The number of nitrogens with zero attached hydrogens (tertiary/aromatic N) is 1. The molecule has 2 atom stereocenters. The Morgan fingerprint density at radius 3 is 2.65 bits per heavy atom. The number of rotatable bonds is 5. The summed E-state index contributed by atoms with van der Waals surface area (Å²) in [6.07, 6.45) is 5.08. The lowest BCUT2D eigenvalue weighted by Gasteiger charge is -2.28. The zero-order chi connectivity index (χ0) is 15.8. The highest BCUT2D eigenvalue weighted by Gasteiger charge is 2.19. The fourth-order valence-corrected chi connectivity index (χ4v) is 3.11. The van der Waals surface area contributed by atoms with Crippen LogP contribution >= 0.6 is 24.0 Å². The van der Waals surface area contributed by atoms with Crippen LogP contribution in [0.3, 0.4) is 0 Å². The van der Waals surface area contributed by atoms with Crippen LogP contribution < -0.4 is 10.6 Å². The lowest BCUT2D eigenvalue weighted by Crippen LogP contribution is -2.45. The first-order chi connectivity index (χ1) is 10.7. The summed E-state index contributed by atoms with van der Waals surface area (Å²) in [4.78, 5) is 4.69. The molecule has 4 nitrogen and oxygen atoms in total. The molecule has 1 fully saturated rings. The summed E-state index contributed by atoms with van der Waals surface area (Å²) in [7, 11) is 0. The van der Waals surface area contributed by atoms with Crippen LogP contribution in [0.5, 0.6) is 0 Å². The van der Waals surface area contributed by atoms with Gasteiger partial charge in [-0.2, -0.15) is 0 Å². The second-order valence-electron chi connectivity index (χ2n) is 6.24. The molecule has 1 saturated carbocycles. The van der Waals surface area contributed by atoms with Crippen LogP contribution in [-0.4, -0.2) is 23.7 Å². The van der Waals surface area contributed by atoms with Crippen molar-refractivity contribution >= 4 is 29.9 Å². The van der Waals surface area contributed by atoms with Crippen molar-refractivity contribution < 1.29 is 5.11 Å². The molecule has 0 aliphatic heterocycles. The van der Waals surface area contributed by atoms with E-state index < -0.39 is 0 Å². The van der Waals surface area contributed by atoms with Gasteiger partial charge < -0.3 is 15.7 Å². The van der Waals surface area contributed by atoms with Gasteiger partial charge in [-0.15, -0.1) is 24.0 Å². The molecule has 0 amide bonds.